The molecular weight excluding hydrogens is 392 g/mol. The van der Waals surface area contributed by atoms with Crippen molar-refractivity contribution in [2.75, 3.05) is 6.61 Å². The van der Waals surface area contributed by atoms with Crippen LogP contribution in [0.4, 0.5) is 0 Å². The third kappa shape index (κ3) is 13.3. The summed E-state index contributed by atoms with van der Waals surface area (Å²) < 4.78 is 18.9. The Morgan fingerprint density at radius 3 is 1.76 bits per heavy atom. The highest BCUT2D eigenvalue weighted by atomic mass is 28.5. The zero-order valence-corrected chi connectivity index (χ0v) is 22.0. The van der Waals surface area contributed by atoms with E-state index in [0.717, 1.165) is 24.3 Å². The molecule has 0 saturated carbocycles. The highest BCUT2D eigenvalue weighted by molar-refractivity contribution is 6.79. The topological polar surface area (TPSA) is 27.7 Å². The number of hydrogen-bond donors (Lipinski definition) is 0. The minimum absolute atomic E-state index is 0.811. The van der Waals surface area contributed by atoms with Crippen LogP contribution in [-0.2, 0) is 8.54 Å². The summed E-state index contributed by atoms with van der Waals surface area (Å²) in [5.74, 6) is 0.930. The molecule has 0 aromatic heterocycles. The van der Waals surface area contributed by atoms with Gasteiger partial charge >= 0.3 is 17.1 Å². The summed E-state index contributed by atoms with van der Waals surface area (Å²) in [6.07, 6.45) is 14.9. The fraction of sp³-hybridized carbons (Fsp3) is 0.750. The maximum absolute atomic E-state index is 6.42. The van der Waals surface area contributed by atoms with Crippen LogP contribution in [0.3, 0.4) is 0 Å². The van der Waals surface area contributed by atoms with Crippen molar-refractivity contribution >= 4 is 17.1 Å². The summed E-state index contributed by atoms with van der Waals surface area (Å²) in [5, 5.41) is 0. The van der Waals surface area contributed by atoms with Gasteiger partial charge in [-0.05, 0) is 51.2 Å². The molecule has 0 saturated heterocycles. The number of hydrogen-bond acceptors (Lipinski definition) is 3. The highest BCUT2D eigenvalue weighted by Crippen LogP contribution is 2.24. The first-order valence-electron chi connectivity index (χ1n) is 11.8. The van der Waals surface area contributed by atoms with E-state index in [1.807, 2.05) is 18.2 Å². The van der Waals surface area contributed by atoms with Crippen LogP contribution in [0, 0.1) is 6.92 Å². The average molecular weight is 439 g/mol. The van der Waals surface area contributed by atoms with Crippen molar-refractivity contribution in [3.63, 3.8) is 0 Å². The lowest BCUT2D eigenvalue weighted by atomic mass is 10.1. The third-order valence-corrected chi connectivity index (χ3v) is 10.7. The van der Waals surface area contributed by atoms with Crippen molar-refractivity contribution in [3.8, 4) is 5.75 Å². The van der Waals surface area contributed by atoms with Crippen LogP contribution < -0.4 is 4.43 Å². The molecule has 1 rings (SSSR count). The monoisotopic (exact) mass is 438 g/mol. The molecule has 168 valence electrons. The van der Waals surface area contributed by atoms with Crippen molar-refractivity contribution < 1.29 is 13.0 Å². The Kier molecular flexibility index (Phi) is 13.1. The molecule has 0 aliphatic heterocycles. The Hall–Kier alpha value is -0.626. The summed E-state index contributed by atoms with van der Waals surface area (Å²) in [6.45, 7) is 13.7. The molecule has 0 heterocycles. The molecule has 0 aliphatic carbocycles. The molecule has 29 heavy (non-hydrogen) atoms. The first-order chi connectivity index (χ1) is 13.8. The molecule has 0 unspecified atom stereocenters. The third-order valence-electron chi connectivity index (χ3n) is 5.14. The normalized spacial score (nSPS) is 12.3. The van der Waals surface area contributed by atoms with Crippen LogP contribution in [0.25, 0.3) is 0 Å². The van der Waals surface area contributed by atoms with E-state index in [1.165, 1.54) is 64.2 Å². The van der Waals surface area contributed by atoms with Crippen LogP contribution in [0.1, 0.15) is 83.1 Å². The second-order valence-corrected chi connectivity index (χ2v) is 16.1. The van der Waals surface area contributed by atoms with Gasteiger partial charge in [0, 0.05) is 6.61 Å². The molecule has 0 N–H and O–H groups in total. The molecule has 0 spiro atoms. The van der Waals surface area contributed by atoms with Crippen LogP contribution in [0.2, 0.25) is 26.2 Å². The summed E-state index contributed by atoms with van der Waals surface area (Å²) in [7, 11) is -4.45. The lowest BCUT2D eigenvalue weighted by Crippen LogP contribution is -2.50. The molecule has 0 aliphatic rings. The number of rotatable bonds is 17. The van der Waals surface area contributed by atoms with Crippen molar-refractivity contribution in [1.29, 1.82) is 0 Å². The van der Waals surface area contributed by atoms with Gasteiger partial charge in [0.2, 0.25) is 0 Å². The SMILES string of the molecule is CCCCCCCCCCCCCO[Si](C)(C)O[Si](C)(C)Oc1ccccc1C. The Balaban J connectivity index is 2.13. The molecule has 0 fully saturated rings. The summed E-state index contributed by atoms with van der Waals surface area (Å²) in [4.78, 5) is 0. The van der Waals surface area contributed by atoms with Gasteiger partial charge in [0.1, 0.15) is 5.75 Å². The van der Waals surface area contributed by atoms with Crippen molar-refractivity contribution in [3.05, 3.63) is 29.8 Å². The first-order valence-corrected chi connectivity index (χ1v) is 17.5. The fourth-order valence-corrected chi connectivity index (χ4v) is 10.2. The Morgan fingerprint density at radius 1 is 0.690 bits per heavy atom. The van der Waals surface area contributed by atoms with Gasteiger partial charge in [-0.1, -0.05) is 89.3 Å². The molecule has 0 radical (unpaired) electrons. The Morgan fingerprint density at radius 2 is 1.21 bits per heavy atom. The second kappa shape index (κ2) is 14.4. The number of aryl methyl sites for hydroxylation is 1. The predicted molar refractivity (Wildman–Crippen MR) is 130 cm³/mol. The van der Waals surface area contributed by atoms with Crippen LogP contribution in [-0.4, -0.2) is 23.7 Å². The minimum Gasteiger partial charge on any atom is -0.521 e. The van der Waals surface area contributed by atoms with Crippen molar-refractivity contribution in [2.24, 2.45) is 0 Å². The average Bonchev–Trinajstić information content (AvgIpc) is 2.63. The van der Waals surface area contributed by atoms with Crippen molar-refractivity contribution in [1.82, 2.24) is 0 Å². The van der Waals surface area contributed by atoms with Crippen molar-refractivity contribution in [2.45, 2.75) is 111 Å². The zero-order chi connectivity index (χ0) is 21.6. The number of unbranched alkanes of at least 4 members (excludes halogenated alkanes) is 10. The minimum atomic E-state index is -2.28. The Bertz CT molecular complexity index is 547. The maximum Gasteiger partial charge on any atom is 0.383 e. The van der Waals surface area contributed by atoms with E-state index >= 15 is 0 Å². The molecule has 1 aromatic carbocycles. The zero-order valence-electron chi connectivity index (χ0n) is 20.0. The highest BCUT2D eigenvalue weighted by Gasteiger charge is 2.38. The van der Waals surface area contributed by atoms with Gasteiger partial charge in [-0.3, -0.25) is 0 Å². The van der Waals surface area contributed by atoms with E-state index in [4.69, 9.17) is 13.0 Å². The number of para-hydroxylation sites is 1. The van der Waals surface area contributed by atoms with Gasteiger partial charge in [-0.2, -0.15) is 0 Å². The standard InChI is InChI=1S/C24H46O3Si2/c1-7-8-9-10-11-12-13-14-15-16-19-22-25-28(3,4)27-29(5,6)26-24-21-18-17-20-23(24)2/h17-18,20-21H,7-16,19,22H2,1-6H3. The molecular formula is C24H46O3Si2. The van der Waals surface area contributed by atoms with Gasteiger partial charge in [0.25, 0.3) is 0 Å². The second-order valence-electron chi connectivity index (χ2n) is 9.15. The predicted octanol–water partition coefficient (Wildman–Crippen LogP) is 8.12. The van der Waals surface area contributed by atoms with E-state index in [9.17, 15) is 0 Å². The van der Waals surface area contributed by atoms with E-state index < -0.39 is 17.1 Å². The van der Waals surface area contributed by atoms with Crippen LogP contribution in [0.5, 0.6) is 5.75 Å². The molecule has 3 nitrogen and oxygen atoms in total. The van der Waals surface area contributed by atoms with Gasteiger partial charge in [0.05, 0.1) is 0 Å². The van der Waals surface area contributed by atoms with Gasteiger partial charge in [0.15, 0.2) is 0 Å². The molecule has 0 atom stereocenters. The summed E-state index contributed by atoms with van der Waals surface area (Å²) >= 11 is 0. The van der Waals surface area contributed by atoms with E-state index in [2.05, 4.69) is 46.1 Å². The lowest BCUT2D eigenvalue weighted by molar-refractivity contribution is 0.224. The summed E-state index contributed by atoms with van der Waals surface area (Å²) in [5.41, 5.74) is 1.15. The summed E-state index contributed by atoms with van der Waals surface area (Å²) in [6, 6.07) is 8.14. The quantitative estimate of drug-likeness (QED) is 0.181. The van der Waals surface area contributed by atoms with Gasteiger partial charge in [-0.25, -0.2) is 0 Å². The van der Waals surface area contributed by atoms with Crippen LogP contribution >= 0.6 is 0 Å². The lowest BCUT2D eigenvalue weighted by Gasteiger charge is -2.33. The van der Waals surface area contributed by atoms with Crippen LogP contribution in [0.15, 0.2) is 24.3 Å². The van der Waals surface area contributed by atoms with E-state index in [0.29, 0.717) is 0 Å². The number of benzene rings is 1. The molecule has 5 heteroatoms. The first kappa shape index (κ1) is 26.4. The smallest absolute Gasteiger partial charge is 0.383 e. The molecule has 1 aromatic rings. The molecule has 0 bridgehead atoms. The molecule has 0 amide bonds. The van der Waals surface area contributed by atoms with Gasteiger partial charge < -0.3 is 13.0 Å². The fourth-order valence-electron chi connectivity index (χ4n) is 3.66. The van der Waals surface area contributed by atoms with E-state index in [1.54, 1.807) is 0 Å². The van der Waals surface area contributed by atoms with Gasteiger partial charge in [-0.15, -0.1) is 0 Å². The largest absolute Gasteiger partial charge is 0.521 e. The Labute approximate surface area is 183 Å². The van der Waals surface area contributed by atoms with E-state index in [-0.39, 0.29) is 0 Å². The maximum atomic E-state index is 6.42.